The minimum Gasteiger partial charge on any atom is -0.292 e. The lowest BCUT2D eigenvalue weighted by Gasteiger charge is -2.08. The van der Waals surface area contributed by atoms with E-state index in [1.807, 2.05) is 0 Å². The third kappa shape index (κ3) is 1.66. The SMILES string of the molecule is Fc1ccccc1-n1c(CCl)nc2cnccc21. The van der Waals surface area contributed by atoms with Crippen LogP contribution in [0.15, 0.2) is 42.7 Å². The van der Waals surface area contributed by atoms with Crippen LogP contribution in [-0.4, -0.2) is 14.5 Å². The number of hydrogen-bond acceptors (Lipinski definition) is 2. The summed E-state index contributed by atoms with van der Waals surface area (Å²) in [6.45, 7) is 0. The van der Waals surface area contributed by atoms with Crippen molar-refractivity contribution in [2.75, 3.05) is 0 Å². The van der Waals surface area contributed by atoms with Crippen molar-refractivity contribution in [2.24, 2.45) is 0 Å². The summed E-state index contributed by atoms with van der Waals surface area (Å²) in [6.07, 6.45) is 3.29. The van der Waals surface area contributed by atoms with Gasteiger partial charge in [0.1, 0.15) is 17.2 Å². The summed E-state index contributed by atoms with van der Waals surface area (Å²) < 4.78 is 15.6. The molecular formula is C13H9ClFN3. The number of rotatable bonds is 2. The van der Waals surface area contributed by atoms with Gasteiger partial charge in [-0.3, -0.25) is 9.55 Å². The van der Waals surface area contributed by atoms with Crippen LogP contribution in [0, 0.1) is 5.82 Å². The average Bonchev–Trinajstić information content (AvgIpc) is 2.78. The molecule has 18 heavy (non-hydrogen) atoms. The van der Waals surface area contributed by atoms with Crippen LogP contribution < -0.4 is 0 Å². The summed E-state index contributed by atoms with van der Waals surface area (Å²) in [4.78, 5) is 8.36. The van der Waals surface area contributed by atoms with Crippen molar-refractivity contribution in [1.82, 2.24) is 14.5 Å². The average molecular weight is 262 g/mol. The van der Waals surface area contributed by atoms with Crippen LogP contribution in [0.2, 0.25) is 0 Å². The predicted molar refractivity (Wildman–Crippen MR) is 68.4 cm³/mol. The molecule has 90 valence electrons. The first-order valence-corrected chi connectivity index (χ1v) is 5.97. The Labute approximate surface area is 108 Å². The van der Waals surface area contributed by atoms with Gasteiger partial charge in [-0.1, -0.05) is 12.1 Å². The molecule has 2 aromatic heterocycles. The minimum absolute atomic E-state index is 0.211. The standard InChI is InChI=1S/C13H9ClFN3/c14-7-13-17-10-8-16-6-5-12(10)18(13)11-4-2-1-3-9(11)15/h1-6,8H,7H2. The lowest BCUT2D eigenvalue weighted by atomic mass is 10.3. The van der Waals surface area contributed by atoms with Gasteiger partial charge in [0.05, 0.1) is 23.3 Å². The number of pyridine rings is 1. The minimum atomic E-state index is -0.306. The summed E-state index contributed by atoms with van der Waals surface area (Å²) in [5.74, 6) is 0.507. The van der Waals surface area contributed by atoms with E-state index >= 15 is 0 Å². The third-order valence-electron chi connectivity index (χ3n) is 2.74. The molecule has 0 saturated heterocycles. The number of benzene rings is 1. The zero-order chi connectivity index (χ0) is 12.5. The maximum absolute atomic E-state index is 13.9. The fourth-order valence-electron chi connectivity index (χ4n) is 1.97. The van der Waals surface area contributed by atoms with E-state index < -0.39 is 0 Å². The maximum Gasteiger partial charge on any atom is 0.147 e. The molecule has 0 radical (unpaired) electrons. The molecule has 0 saturated carbocycles. The van der Waals surface area contributed by atoms with E-state index in [0.717, 1.165) is 5.52 Å². The summed E-state index contributed by atoms with van der Waals surface area (Å²) in [7, 11) is 0. The Kier molecular flexibility index (Phi) is 2.72. The summed E-state index contributed by atoms with van der Waals surface area (Å²) in [5, 5.41) is 0. The van der Waals surface area contributed by atoms with E-state index in [9.17, 15) is 4.39 Å². The molecule has 5 heteroatoms. The number of nitrogens with zero attached hydrogens (tertiary/aromatic N) is 3. The number of alkyl halides is 1. The molecule has 3 aromatic rings. The number of halogens is 2. The molecule has 0 fully saturated rings. The van der Waals surface area contributed by atoms with Gasteiger partial charge in [0, 0.05) is 6.20 Å². The summed E-state index contributed by atoms with van der Waals surface area (Å²) in [5.41, 5.74) is 1.95. The largest absolute Gasteiger partial charge is 0.292 e. The molecule has 0 aliphatic carbocycles. The fraction of sp³-hybridized carbons (Fsp3) is 0.0769. The highest BCUT2D eigenvalue weighted by molar-refractivity contribution is 6.17. The Morgan fingerprint density at radius 3 is 2.83 bits per heavy atom. The Hall–Kier alpha value is -1.94. The highest BCUT2D eigenvalue weighted by atomic mass is 35.5. The van der Waals surface area contributed by atoms with Gasteiger partial charge in [0.2, 0.25) is 0 Å². The Balaban J connectivity index is 2.37. The van der Waals surface area contributed by atoms with Gasteiger partial charge in [-0.05, 0) is 18.2 Å². The van der Waals surface area contributed by atoms with Crippen molar-refractivity contribution in [1.29, 1.82) is 0 Å². The first-order valence-electron chi connectivity index (χ1n) is 5.43. The van der Waals surface area contributed by atoms with Crippen LogP contribution in [0.3, 0.4) is 0 Å². The van der Waals surface area contributed by atoms with Gasteiger partial charge < -0.3 is 0 Å². The van der Waals surface area contributed by atoms with Gasteiger partial charge in [-0.15, -0.1) is 11.6 Å². The molecule has 0 aliphatic rings. The quantitative estimate of drug-likeness (QED) is 0.663. The number of imidazole rings is 1. The van der Waals surface area contributed by atoms with Crippen LogP contribution in [0.1, 0.15) is 5.82 Å². The molecule has 0 atom stereocenters. The lowest BCUT2D eigenvalue weighted by molar-refractivity contribution is 0.618. The molecule has 1 aromatic carbocycles. The normalized spacial score (nSPS) is 11.0. The predicted octanol–water partition coefficient (Wildman–Crippen LogP) is 3.30. The molecule has 0 spiro atoms. The number of hydrogen-bond donors (Lipinski definition) is 0. The van der Waals surface area contributed by atoms with Crippen molar-refractivity contribution in [3.8, 4) is 5.69 Å². The van der Waals surface area contributed by atoms with Crippen LogP contribution in [-0.2, 0) is 5.88 Å². The summed E-state index contributed by atoms with van der Waals surface area (Å²) >= 11 is 5.88. The maximum atomic E-state index is 13.9. The Morgan fingerprint density at radius 2 is 2.06 bits per heavy atom. The number of fused-ring (bicyclic) bond motifs is 1. The molecule has 0 bridgehead atoms. The first kappa shape index (κ1) is 11.2. The highest BCUT2D eigenvalue weighted by Gasteiger charge is 2.13. The molecule has 0 N–H and O–H groups in total. The second-order valence-corrected chi connectivity index (χ2v) is 4.08. The van der Waals surface area contributed by atoms with Crippen LogP contribution >= 0.6 is 11.6 Å². The monoisotopic (exact) mass is 261 g/mol. The van der Waals surface area contributed by atoms with Crippen LogP contribution in [0.4, 0.5) is 4.39 Å². The van der Waals surface area contributed by atoms with Gasteiger partial charge in [-0.2, -0.15) is 0 Å². The van der Waals surface area contributed by atoms with E-state index in [-0.39, 0.29) is 11.7 Å². The lowest BCUT2D eigenvalue weighted by Crippen LogP contribution is -2.01. The topological polar surface area (TPSA) is 30.7 Å². The van der Waals surface area contributed by atoms with Crippen LogP contribution in [0.5, 0.6) is 0 Å². The molecule has 3 rings (SSSR count). The summed E-state index contributed by atoms with van der Waals surface area (Å²) in [6, 6.07) is 8.35. The Morgan fingerprint density at radius 1 is 1.22 bits per heavy atom. The highest BCUT2D eigenvalue weighted by Crippen LogP contribution is 2.23. The van der Waals surface area contributed by atoms with Crippen molar-refractivity contribution >= 4 is 22.6 Å². The third-order valence-corrected chi connectivity index (χ3v) is 2.98. The van der Waals surface area contributed by atoms with Gasteiger partial charge in [0.25, 0.3) is 0 Å². The van der Waals surface area contributed by atoms with Gasteiger partial charge >= 0.3 is 0 Å². The Bertz CT molecular complexity index is 708. The van der Waals surface area contributed by atoms with Crippen molar-refractivity contribution in [2.45, 2.75) is 5.88 Å². The van der Waals surface area contributed by atoms with Crippen molar-refractivity contribution in [3.63, 3.8) is 0 Å². The van der Waals surface area contributed by atoms with Crippen molar-refractivity contribution in [3.05, 3.63) is 54.4 Å². The smallest absolute Gasteiger partial charge is 0.147 e. The second-order valence-electron chi connectivity index (χ2n) is 3.81. The van der Waals surface area contributed by atoms with Gasteiger partial charge in [-0.25, -0.2) is 9.37 Å². The number of aromatic nitrogens is 3. The van der Waals surface area contributed by atoms with E-state index in [1.54, 1.807) is 41.2 Å². The van der Waals surface area contributed by atoms with Crippen LogP contribution in [0.25, 0.3) is 16.7 Å². The van der Waals surface area contributed by atoms with E-state index in [2.05, 4.69) is 9.97 Å². The molecule has 0 amide bonds. The molecule has 0 unspecified atom stereocenters. The zero-order valence-electron chi connectivity index (χ0n) is 9.35. The second kappa shape index (κ2) is 4.38. The van der Waals surface area contributed by atoms with Crippen molar-refractivity contribution < 1.29 is 4.39 Å². The number of para-hydroxylation sites is 1. The van der Waals surface area contributed by atoms with E-state index in [4.69, 9.17) is 11.6 Å². The molecule has 2 heterocycles. The molecular weight excluding hydrogens is 253 g/mol. The molecule has 3 nitrogen and oxygen atoms in total. The fourth-order valence-corrected chi connectivity index (χ4v) is 2.15. The van der Waals surface area contributed by atoms with E-state index in [0.29, 0.717) is 17.0 Å². The van der Waals surface area contributed by atoms with Gasteiger partial charge in [0.15, 0.2) is 0 Å². The van der Waals surface area contributed by atoms with E-state index in [1.165, 1.54) is 6.07 Å². The zero-order valence-corrected chi connectivity index (χ0v) is 10.1. The molecule has 0 aliphatic heterocycles. The first-order chi connectivity index (χ1) is 8.81.